The molecule has 14 heavy (non-hydrogen) atoms. The summed E-state index contributed by atoms with van der Waals surface area (Å²) in [4.78, 5) is 0. The minimum absolute atomic E-state index is 0.154. The van der Waals surface area contributed by atoms with E-state index in [1.165, 1.54) is 0 Å². The third-order valence-corrected chi connectivity index (χ3v) is 2.95. The number of hydrogen-bond acceptors (Lipinski definition) is 2. The summed E-state index contributed by atoms with van der Waals surface area (Å²) < 4.78 is 0. The van der Waals surface area contributed by atoms with E-state index in [2.05, 4.69) is 0 Å². The van der Waals surface area contributed by atoms with Gasteiger partial charge in [0.2, 0.25) is 0 Å². The predicted molar refractivity (Wildman–Crippen MR) is 55.4 cm³/mol. The molecule has 0 spiro atoms. The number of phenolic OH excluding ortho intramolecular Hbond substituents is 1. The van der Waals surface area contributed by atoms with Crippen LogP contribution in [0.25, 0.3) is 0 Å². The van der Waals surface area contributed by atoms with Gasteiger partial charge in [0.1, 0.15) is 5.75 Å². The third kappa shape index (κ3) is 1.45. The van der Waals surface area contributed by atoms with Crippen LogP contribution in [-0.2, 0) is 6.42 Å². The van der Waals surface area contributed by atoms with Crippen molar-refractivity contribution in [2.24, 2.45) is 11.1 Å². The van der Waals surface area contributed by atoms with Gasteiger partial charge in [-0.1, -0.05) is 18.2 Å². The zero-order valence-electron chi connectivity index (χ0n) is 7.96. The van der Waals surface area contributed by atoms with Crippen molar-refractivity contribution in [2.75, 3.05) is 0 Å². The topological polar surface area (TPSA) is 70.1 Å². The molecule has 0 atom stereocenters. The van der Waals surface area contributed by atoms with Crippen LogP contribution in [0.1, 0.15) is 18.4 Å². The molecule has 1 saturated carbocycles. The van der Waals surface area contributed by atoms with Crippen molar-refractivity contribution in [1.82, 2.24) is 0 Å². The summed E-state index contributed by atoms with van der Waals surface area (Å²) in [5.41, 5.74) is 6.27. The summed E-state index contributed by atoms with van der Waals surface area (Å²) in [6, 6.07) is 7.25. The van der Waals surface area contributed by atoms with Gasteiger partial charge in [0.25, 0.3) is 0 Å². The molecule has 1 aromatic rings. The Morgan fingerprint density at radius 1 is 1.43 bits per heavy atom. The maximum Gasteiger partial charge on any atom is 0.118 e. The fraction of sp³-hybridized carbons (Fsp3) is 0.364. The maximum atomic E-state index is 9.57. The van der Waals surface area contributed by atoms with Crippen molar-refractivity contribution in [1.29, 1.82) is 5.41 Å². The molecule has 0 radical (unpaired) electrons. The van der Waals surface area contributed by atoms with E-state index < -0.39 is 0 Å². The summed E-state index contributed by atoms with van der Waals surface area (Å²) in [7, 11) is 0. The molecule has 0 aromatic heterocycles. The summed E-state index contributed by atoms with van der Waals surface area (Å²) in [6.45, 7) is 0. The van der Waals surface area contributed by atoms with Crippen LogP contribution in [0.4, 0.5) is 0 Å². The lowest BCUT2D eigenvalue weighted by Crippen LogP contribution is -2.25. The normalized spacial score (nSPS) is 17.7. The molecule has 0 unspecified atom stereocenters. The summed E-state index contributed by atoms with van der Waals surface area (Å²) in [5, 5.41) is 17.0. The Hall–Kier alpha value is -1.51. The first-order chi connectivity index (χ1) is 6.64. The highest BCUT2D eigenvalue weighted by atomic mass is 16.3. The molecular formula is C11H14N2O. The number of amidine groups is 1. The van der Waals surface area contributed by atoms with E-state index in [1.54, 1.807) is 12.1 Å². The Balaban J connectivity index is 2.19. The molecule has 0 heterocycles. The van der Waals surface area contributed by atoms with Crippen molar-refractivity contribution in [3.63, 3.8) is 0 Å². The number of nitrogens with two attached hydrogens (primary N) is 1. The zero-order chi connectivity index (χ0) is 10.2. The molecule has 1 fully saturated rings. The van der Waals surface area contributed by atoms with Crippen molar-refractivity contribution < 1.29 is 5.11 Å². The molecule has 4 N–H and O–H groups in total. The van der Waals surface area contributed by atoms with Crippen LogP contribution < -0.4 is 5.73 Å². The lowest BCUT2D eigenvalue weighted by Gasteiger charge is -2.13. The first-order valence-electron chi connectivity index (χ1n) is 4.75. The van der Waals surface area contributed by atoms with E-state index >= 15 is 0 Å². The van der Waals surface area contributed by atoms with Gasteiger partial charge in [-0.25, -0.2) is 0 Å². The highest BCUT2D eigenvalue weighted by Crippen LogP contribution is 2.49. The highest BCUT2D eigenvalue weighted by molar-refractivity contribution is 5.86. The SMILES string of the molecule is N=C(N)C1(Cc2ccccc2O)CC1. The molecule has 0 aliphatic heterocycles. The predicted octanol–water partition coefficient (Wildman–Crippen LogP) is 1.65. The van der Waals surface area contributed by atoms with E-state index in [1.807, 2.05) is 12.1 Å². The minimum atomic E-state index is -0.154. The van der Waals surface area contributed by atoms with Crippen LogP contribution in [0, 0.1) is 10.8 Å². The highest BCUT2D eigenvalue weighted by Gasteiger charge is 2.46. The van der Waals surface area contributed by atoms with Crippen LogP contribution in [0.15, 0.2) is 24.3 Å². The van der Waals surface area contributed by atoms with Crippen molar-refractivity contribution in [3.8, 4) is 5.75 Å². The zero-order valence-corrected chi connectivity index (χ0v) is 7.96. The number of para-hydroxylation sites is 1. The standard InChI is InChI=1S/C11H14N2O/c12-10(13)11(5-6-11)7-8-3-1-2-4-9(8)14/h1-4,14H,5-7H2,(H3,12,13). The lowest BCUT2D eigenvalue weighted by molar-refractivity contribution is 0.463. The Kier molecular flexibility index (Phi) is 1.95. The molecule has 0 saturated heterocycles. The van der Waals surface area contributed by atoms with Gasteiger partial charge in [-0.3, -0.25) is 5.41 Å². The molecule has 0 amide bonds. The monoisotopic (exact) mass is 190 g/mol. The first-order valence-corrected chi connectivity index (χ1v) is 4.75. The van der Waals surface area contributed by atoms with Gasteiger partial charge in [0.15, 0.2) is 0 Å². The van der Waals surface area contributed by atoms with Gasteiger partial charge in [-0.05, 0) is 30.9 Å². The summed E-state index contributed by atoms with van der Waals surface area (Å²) in [5.74, 6) is 0.556. The largest absolute Gasteiger partial charge is 0.508 e. The van der Waals surface area contributed by atoms with Crippen molar-refractivity contribution >= 4 is 5.84 Å². The number of rotatable bonds is 3. The van der Waals surface area contributed by atoms with Gasteiger partial charge in [0, 0.05) is 5.41 Å². The summed E-state index contributed by atoms with van der Waals surface area (Å²) in [6.07, 6.45) is 2.63. The van der Waals surface area contributed by atoms with E-state index in [0.29, 0.717) is 12.2 Å². The maximum absolute atomic E-state index is 9.57. The molecule has 2 rings (SSSR count). The van der Waals surface area contributed by atoms with Gasteiger partial charge in [-0.2, -0.15) is 0 Å². The second-order valence-electron chi connectivity index (χ2n) is 4.00. The van der Waals surface area contributed by atoms with E-state index in [-0.39, 0.29) is 11.3 Å². The quantitative estimate of drug-likeness (QED) is 0.501. The number of benzene rings is 1. The van der Waals surface area contributed by atoms with Gasteiger partial charge in [0.05, 0.1) is 5.84 Å². The molecule has 1 aliphatic rings. The molecule has 3 heteroatoms. The van der Waals surface area contributed by atoms with E-state index in [9.17, 15) is 5.11 Å². The lowest BCUT2D eigenvalue weighted by atomic mass is 9.95. The van der Waals surface area contributed by atoms with Crippen LogP contribution >= 0.6 is 0 Å². The molecule has 0 bridgehead atoms. The van der Waals surface area contributed by atoms with Gasteiger partial charge >= 0.3 is 0 Å². The van der Waals surface area contributed by atoms with Gasteiger partial charge in [-0.15, -0.1) is 0 Å². The third-order valence-electron chi connectivity index (χ3n) is 2.95. The average molecular weight is 190 g/mol. The second-order valence-corrected chi connectivity index (χ2v) is 4.00. The Morgan fingerprint density at radius 2 is 2.07 bits per heavy atom. The minimum Gasteiger partial charge on any atom is -0.508 e. The number of aromatic hydroxyl groups is 1. The fourth-order valence-corrected chi connectivity index (χ4v) is 1.72. The molecular weight excluding hydrogens is 176 g/mol. The van der Waals surface area contributed by atoms with Crippen LogP contribution in [0.2, 0.25) is 0 Å². The molecule has 1 aromatic carbocycles. The van der Waals surface area contributed by atoms with Gasteiger partial charge < -0.3 is 10.8 Å². The van der Waals surface area contributed by atoms with E-state index in [0.717, 1.165) is 18.4 Å². The second kappa shape index (κ2) is 3.01. The van der Waals surface area contributed by atoms with Crippen LogP contribution in [0.3, 0.4) is 0 Å². The van der Waals surface area contributed by atoms with Crippen LogP contribution in [0.5, 0.6) is 5.75 Å². The van der Waals surface area contributed by atoms with Crippen LogP contribution in [-0.4, -0.2) is 10.9 Å². The Labute approximate surface area is 83.1 Å². The molecule has 1 aliphatic carbocycles. The Morgan fingerprint density at radius 3 is 2.57 bits per heavy atom. The van der Waals surface area contributed by atoms with Crippen molar-refractivity contribution in [2.45, 2.75) is 19.3 Å². The summed E-state index contributed by atoms with van der Waals surface area (Å²) >= 11 is 0. The fourth-order valence-electron chi connectivity index (χ4n) is 1.72. The smallest absolute Gasteiger partial charge is 0.118 e. The molecule has 3 nitrogen and oxygen atoms in total. The number of phenols is 1. The van der Waals surface area contributed by atoms with Crippen molar-refractivity contribution in [3.05, 3.63) is 29.8 Å². The number of hydrogen-bond donors (Lipinski definition) is 3. The Bertz CT molecular complexity index is 369. The number of nitrogens with one attached hydrogen (secondary N) is 1. The average Bonchev–Trinajstić information content (AvgIpc) is 2.90. The van der Waals surface area contributed by atoms with E-state index in [4.69, 9.17) is 11.1 Å². The first kappa shape index (κ1) is 9.06. The molecule has 74 valence electrons.